The summed E-state index contributed by atoms with van der Waals surface area (Å²) < 4.78 is 5.14. The van der Waals surface area contributed by atoms with Crippen LogP contribution >= 0.6 is 0 Å². The second-order valence-electron chi connectivity index (χ2n) is 4.73. The highest BCUT2D eigenvalue weighted by Crippen LogP contribution is 2.20. The van der Waals surface area contributed by atoms with E-state index < -0.39 is 0 Å². The van der Waals surface area contributed by atoms with Crippen molar-refractivity contribution in [1.82, 2.24) is 15.2 Å². The Morgan fingerprint density at radius 2 is 2.05 bits per heavy atom. The normalized spacial score (nSPS) is 10.4. The maximum absolute atomic E-state index is 12.0. The summed E-state index contributed by atoms with van der Waals surface area (Å²) in [4.78, 5) is 16.0. The highest BCUT2D eigenvalue weighted by Gasteiger charge is 2.07. The fraction of sp³-hybridized carbons (Fsp3) is 0.125. The number of hydrogen-bond acceptors (Lipinski definition) is 5. The second-order valence-corrected chi connectivity index (χ2v) is 4.73. The van der Waals surface area contributed by atoms with Gasteiger partial charge in [-0.05, 0) is 42.3 Å². The molecule has 22 heavy (non-hydrogen) atoms. The number of anilines is 1. The Morgan fingerprint density at radius 3 is 2.82 bits per heavy atom. The number of rotatable bonds is 5. The molecule has 0 saturated carbocycles. The average molecular weight is 294 g/mol. The van der Waals surface area contributed by atoms with Crippen LogP contribution in [0, 0.1) is 0 Å². The van der Waals surface area contributed by atoms with Crippen molar-refractivity contribution >= 4 is 11.6 Å². The zero-order valence-electron chi connectivity index (χ0n) is 11.8. The molecule has 0 saturated heterocycles. The van der Waals surface area contributed by atoms with Crippen LogP contribution in [0.3, 0.4) is 0 Å². The van der Waals surface area contributed by atoms with Gasteiger partial charge < -0.3 is 9.73 Å². The molecular weight excluding hydrogens is 280 g/mol. The molecule has 0 atom stereocenters. The third-order valence-electron chi connectivity index (χ3n) is 3.14. The van der Waals surface area contributed by atoms with Crippen LogP contribution in [0.5, 0.6) is 0 Å². The molecule has 2 heterocycles. The van der Waals surface area contributed by atoms with Gasteiger partial charge in [-0.15, -0.1) is 10.2 Å². The molecule has 110 valence electrons. The first-order valence-electron chi connectivity index (χ1n) is 6.86. The zero-order valence-corrected chi connectivity index (χ0v) is 11.8. The molecule has 0 radical (unpaired) electrons. The van der Waals surface area contributed by atoms with Crippen molar-refractivity contribution in [3.8, 4) is 11.5 Å². The molecule has 6 heteroatoms. The fourth-order valence-electron chi connectivity index (χ4n) is 2.06. The number of nitrogens with one attached hydrogen (secondary N) is 1. The summed E-state index contributed by atoms with van der Waals surface area (Å²) in [7, 11) is 0. The Balaban J connectivity index is 1.61. The number of carbonyl (C=O) groups excluding carboxylic acids is 1. The fourth-order valence-corrected chi connectivity index (χ4v) is 2.06. The van der Waals surface area contributed by atoms with E-state index in [4.69, 9.17) is 4.42 Å². The Kier molecular flexibility index (Phi) is 4.20. The number of aryl methyl sites for hydroxylation is 1. The summed E-state index contributed by atoms with van der Waals surface area (Å²) >= 11 is 0. The van der Waals surface area contributed by atoms with Crippen LogP contribution in [0.2, 0.25) is 0 Å². The van der Waals surface area contributed by atoms with Crippen LogP contribution in [0.4, 0.5) is 5.69 Å². The number of amides is 1. The van der Waals surface area contributed by atoms with Crippen molar-refractivity contribution in [1.29, 1.82) is 0 Å². The van der Waals surface area contributed by atoms with Crippen LogP contribution in [0.15, 0.2) is 59.6 Å². The van der Waals surface area contributed by atoms with Crippen molar-refractivity contribution in [3.63, 3.8) is 0 Å². The summed E-state index contributed by atoms with van der Waals surface area (Å²) in [5, 5.41) is 10.4. The van der Waals surface area contributed by atoms with Gasteiger partial charge in [-0.2, -0.15) is 0 Å². The molecule has 0 spiro atoms. The van der Waals surface area contributed by atoms with Crippen molar-refractivity contribution in [2.45, 2.75) is 12.8 Å². The van der Waals surface area contributed by atoms with E-state index in [0.29, 0.717) is 24.4 Å². The number of hydrogen-bond donors (Lipinski definition) is 1. The van der Waals surface area contributed by atoms with Gasteiger partial charge in [0.2, 0.25) is 18.2 Å². The third kappa shape index (κ3) is 3.54. The summed E-state index contributed by atoms with van der Waals surface area (Å²) in [6.45, 7) is 0. The molecule has 1 aromatic carbocycles. The Hall–Kier alpha value is -3.02. The lowest BCUT2D eigenvalue weighted by atomic mass is 10.1. The van der Waals surface area contributed by atoms with Gasteiger partial charge >= 0.3 is 0 Å². The van der Waals surface area contributed by atoms with Gasteiger partial charge in [0, 0.05) is 30.1 Å². The topological polar surface area (TPSA) is 80.9 Å². The lowest BCUT2D eigenvalue weighted by molar-refractivity contribution is -0.116. The molecule has 0 aliphatic heterocycles. The number of pyridine rings is 1. The number of nitrogens with zero attached hydrogens (tertiary/aromatic N) is 3. The molecule has 0 bridgehead atoms. The van der Waals surface area contributed by atoms with E-state index in [0.717, 1.165) is 11.1 Å². The number of aromatic nitrogens is 3. The van der Waals surface area contributed by atoms with E-state index in [1.807, 2.05) is 30.3 Å². The Morgan fingerprint density at radius 1 is 1.18 bits per heavy atom. The maximum atomic E-state index is 12.0. The quantitative estimate of drug-likeness (QED) is 0.782. The van der Waals surface area contributed by atoms with E-state index in [1.165, 1.54) is 6.39 Å². The monoisotopic (exact) mass is 294 g/mol. The van der Waals surface area contributed by atoms with E-state index in [-0.39, 0.29) is 5.91 Å². The molecule has 0 fully saturated rings. The molecule has 1 N–H and O–H groups in total. The van der Waals surface area contributed by atoms with Crippen LogP contribution < -0.4 is 5.32 Å². The maximum Gasteiger partial charge on any atom is 0.247 e. The van der Waals surface area contributed by atoms with Crippen LogP contribution in [0.25, 0.3) is 11.5 Å². The van der Waals surface area contributed by atoms with Crippen molar-refractivity contribution in [3.05, 3.63) is 60.7 Å². The van der Waals surface area contributed by atoms with Gasteiger partial charge in [0.25, 0.3) is 0 Å². The first-order chi connectivity index (χ1) is 10.8. The average Bonchev–Trinajstić information content (AvgIpc) is 3.09. The van der Waals surface area contributed by atoms with Gasteiger partial charge in [-0.1, -0.05) is 6.07 Å². The van der Waals surface area contributed by atoms with Crippen LogP contribution in [-0.2, 0) is 11.2 Å². The molecule has 0 aliphatic carbocycles. The van der Waals surface area contributed by atoms with Gasteiger partial charge in [0.15, 0.2) is 0 Å². The molecule has 2 aromatic heterocycles. The molecule has 3 rings (SSSR count). The predicted octanol–water partition coefficient (Wildman–Crippen LogP) is 2.70. The largest absolute Gasteiger partial charge is 0.423 e. The number of carbonyl (C=O) groups is 1. The summed E-state index contributed by atoms with van der Waals surface area (Å²) in [6.07, 6.45) is 5.81. The Bertz CT molecular complexity index is 742. The lowest BCUT2D eigenvalue weighted by Crippen LogP contribution is -2.12. The standard InChI is InChI=1S/C16H14N4O2/c21-15(5-4-12-6-8-17-9-7-12)19-14-3-1-2-13(10-14)16-20-18-11-22-16/h1-3,6-11H,4-5H2,(H,19,21). The van der Waals surface area contributed by atoms with Crippen molar-refractivity contribution in [2.24, 2.45) is 0 Å². The SMILES string of the molecule is O=C(CCc1ccncc1)Nc1cccc(-c2nnco2)c1. The van der Waals surface area contributed by atoms with E-state index >= 15 is 0 Å². The van der Waals surface area contributed by atoms with Gasteiger partial charge in [0.1, 0.15) is 0 Å². The smallest absolute Gasteiger partial charge is 0.247 e. The molecular formula is C16H14N4O2. The zero-order chi connectivity index (χ0) is 15.2. The van der Waals surface area contributed by atoms with Crippen molar-refractivity contribution < 1.29 is 9.21 Å². The second kappa shape index (κ2) is 6.62. The first-order valence-corrected chi connectivity index (χ1v) is 6.86. The summed E-state index contributed by atoms with van der Waals surface area (Å²) in [5.41, 5.74) is 2.56. The highest BCUT2D eigenvalue weighted by molar-refractivity contribution is 5.91. The third-order valence-corrected chi connectivity index (χ3v) is 3.14. The summed E-state index contributed by atoms with van der Waals surface area (Å²) in [6, 6.07) is 11.1. The highest BCUT2D eigenvalue weighted by atomic mass is 16.4. The van der Waals surface area contributed by atoms with Crippen molar-refractivity contribution in [2.75, 3.05) is 5.32 Å². The molecule has 6 nitrogen and oxygen atoms in total. The minimum atomic E-state index is -0.0421. The molecule has 0 aliphatic rings. The minimum Gasteiger partial charge on any atom is -0.423 e. The van der Waals surface area contributed by atoms with Crippen LogP contribution in [0.1, 0.15) is 12.0 Å². The van der Waals surface area contributed by atoms with Gasteiger partial charge in [0.05, 0.1) is 0 Å². The number of benzene rings is 1. The van der Waals surface area contributed by atoms with E-state index in [1.54, 1.807) is 18.5 Å². The first kappa shape index (κ1) is 13.9. The van der Waals surface area contributed by atoms with Gasteiger partial charge in [-0.3, -0.25) is 9.78 Å². The minimum absolute atomic E-state index is 0.0421. The molecule has 1 amide bonds. The predicted molar refractivity (Wildman–Crippen MR) is 80.9 cm³/mol. The van der Waals surface area contributed by atoms with Gasteiger partial charge in [-0.25, -0.2) is 0 Å². The van der Waals surface area contributed by atoms with E-state index in [2.05, 4.69) is 20.5 Å². The van der Waals surface area contributed by atoms with E-state index in [9.17, 15) is 4.79 Å². The molecule has 3 aromatic rings. The summed E-state index contributed by atoms with van der Waals surface area (Å²) in [5.74, 6) is 0.382. The Labute approximate surface area is 127 Å². The lowest BCUT2D eigenvalue weighted by Gasteiger charge is -2.06. The molecule has 0 unspecified atom stereocenters. The van der Waals surface area contributed by atoms with Crippen LogP contribution in [-0.4, -0.2) is 21.1 Å².